The van der Waals surface area contributed by atoms with E-state index in [4.69, 9.17) is 4.74 Å². The summed E-state index contributed by atoms with van der Waals surface area (Å²) in [5.74, 6) is -0.731. The topological polar surface area (TPSA) is 87.0 Å². The smallest absolute Gasteiger partial charge is 0.335 e. The summed E-state index contributed by atoms with van der Waals surface area (Å²) in [4.78, 5) is 11.5. The van der Waals surface area contributed by atoms with Crippen LogP contribution in [0.15, 0.2) is 12.2 Å². The molecule has 17 heavy (non-hydrogen) atoms. The van der Waals surface area contributed by atoms with Crippen LogP contribution in [0.25, 0.3) is 0 Å². The third kappa shape index (κ3) is 4.11. The first-order chi connectivity index (χ1) is 8.06. The molecule has 5 heteroatoms. The lowest BCUT2D eigenvalue weighted by Gasteiger charge is -2.27. The van der Waals surface area contributed by atoms with Crippen LogP contribution in [0.2, 0.25) is 0 Å². The van der Waals surface area contributed by atoms with E-state index in [1.165, 1.54) is 6.08 Å². The van der Waals surface area contributed by atoms with E-state index in [1.54, 1.807) is 6.08 Å². The van der Waals surface area contributed by atoms with E-state index < -0.39 is 30.4 Å². The lowest BCUT2D eigenvalue weighted by atomic mass is 10.0. The van der Waals surface area contributed by atoms with Crippen molar-refractivity contribution in [3.8, 4) is 0 Å². The Morgan fingerprint density at radius 2 is 2.12 bits per heavy atom. The van der Waals surface area contributed by atoms with Gasteiger partial charge >= 0.3 is 5.97 Å². The molecule has 0 aliphatic carbocycles. The molecule has 0 aromatic carbocycles. The number of carbonyl (C=O) groups is 1. The number of hydrogen-bond acceptors (Lipinski definition) is 5. The SMILES string of the molecule is CCC[C@H]1OC(=O)[C@@H](O)CC/C=C/[C@@H](O)[C@@H]1O. The van der Waals surface area contributed by atoms with Crippen LogP contribution in [0.3, 0.4) is 0 Å². The highest BCUT2D eigenvalue weighted by molar-refractivity contribution is 5.74. The average molecular weight is 244 g/mol. The molecule has 0 saturated heterocycles. The Morgan fingerprint density at radius 3 is 2.76 bits per heavy atom. The van der Waals surface area contributed by atoms with E-state index in [2.05, 4.69) is 0 Å². The molecule has 1 heterocycles. The van der Waals surface area contributed by atoms with Crippen molar-refractivity contribution in [3.05, 3.63) is 12.2 Å². The molecule has 0 bridgehead atoms. The second-order valence-electron chi connectivity index (χ2n) is 4.27. The molecular weight excluding hydrogens is 224 g/mol. The van der Waals surface area contributed by atoms with E-state index in [9.17, 15) is 20.1 Å². The van der Waals surface area contributed by atoms with Gasteiger partial charge in [-0.2, -0.15) is 0 Å². The molecule has 1 aliphatic heterocycles. The molecule has 0 aromatic rings. The molecule has 0 unspecified atom stereocenters. The number of rotatable bonds is 2. The Balaban J connectivity index is 2.80. The quantitative estimate of drug-likeness (QED) is 0.475. The standard InChI is InChI=1S/C12H20O5/c1-2-5-10-11(15)8(13)6-3-4-7-9(14)12(16)17-10/h3,6,8-11,13-15H,2,4-5,7H2,1H3/b6-3+/t8-,9+,10-,11+/m1/s1. The summed E-state index contributed by atoms with van der Waals surface area (Å²) in [6, 6.07) is 0. The maximum Gasteiger partial charge on any atom is 0.335 e. The normalized spacial score (nSPS) is 37.3. The molecule has 98 valence electrons. The van der Waals surface area contributed by atoms with E-state index in [-0.39, 0.29) is 6.42 Å². The Labute approximate surface area is 101 Å². The minimum atomic E-state index is -1.17. The van der Waals surface area contributed by atoms with Gasteiger partial charge in [-0.05, 0) is 19.3 Å². The van der Waals surface area contributed by atoms with Crippen molar-refractivity contribution in [2.24, 2.45) is 0 Å². The fraction of sp³-hybridized carbons (Fsp3) is 0.750. The number of ether oxygens (including phenoxy) is 1. The summed E-state index contributed by atoms with van der Waals surface area (Å²) in [5, 5.41) is 29.0. The van der Waals surface area contributed by atoms with Crippen molar-refractivity contribution >= 4 is 5.97 Å². The van der Waals surface area contributed by atoms with Crippen LogP contribution in [0.5, 0.6) is 0 Å². The Morgan fingerprint density at radius 1 is 1.41 bits per heavy atom. The monoisotopic (exact) mass is 244 g/mol. The molecule has 0 aromatic heterocycles. The van der Waals surface area contributed by atoms with Crippen LogP contribution in [-0.2, 0) is 9.53 Å². The molecule has 0 saturated carbocycles. The summed E-state index contributed by atoms with van der Waals surface area (Å²) in [7, 11) is 0. The summed E-state index contributed by atoms with van der Waals surface area (Å²) < 4.78 is 5.03. The van der Waals surface area contributed by atoms with Crippen LogP contribution in [-0.4, -0.2) is 45.7 Å². The second kappa shape index (κ2) is 6.74. The lowest BCUT2D eigenvalue weighted by molar-refractivity contribution is -0.169. The van der Waals surface area contributed by atoms with E-state index in [0.717, 1.165) is 0 Å². The van der Waals surface area contributed by atoms with Crippen molar-refractivity contribution in [1.82, 2.24) is 0 Å². The van der Waals surface area contributed by atoms with Crippen molar-refractivity contribution in [2.75, 3.05) is 0 Å². The van der Waals surface area contributed by atoms with Crippen molar-refractivity contribution in [3.63, 3.8) is 0 Å². The predicted octanol–water partition coefficient (Wildman–Crippen LogP) is 0.131. The van der Waals surface area contributed by atoms with Crippen molar-refractivity contribution in [2.45, 2.75) is 57.0 Å². The average Bonchev–Trinajstić information content (AvgIpc) is 2.31. The predicted molar refractivity (Wildman–Crippen MR) is 61.2 cm³/mol. The van der Waals surface area contributed by atoms with Crippen LogP contribution in [0.4, 0.5) is 0 Å². The van der Waals surface area contributed by atoms with Gasteiger partial charge < -0.3 is 20.1 Å². The largest absolute Gasteiger partial charge is 0.458 e. The molecule has 5 nitrogen and oxygen atoms in total. The maximum absolute atomic E-state index is 11.5. The molecular formula is C12H20O5. The van der Waals surface area contributed by atoms with E-state index in [0.29, 0.717) is 19.3 Å². The highest BCUT2D eigenvalue weighted by Crippen LogP contribution is 2.16. The zero-order valence-corrected chi connectivity index (χ0v) is 9.95. The number of carbonyl (C=O) groups excluding carboxylic acids is 1. The van der Waals surface area contributed by atoms with Crippen molar-refractivity contribution < 1.29 is 24.9 Å². The lowest BCUT2D eigenvalue weighted by Crippen LogP contribution is -2.41. The number of esters is 1. The van der Waals surface area contributed by atoms with Gasteiger partial charge in [-0.3, -0.25) is 0 Å². The van der Waals surface area contributed by atoms with Gasteiger partial charge in [-0.15, -0.1) is 0 Å². The van der Waals surface area contributed by atoms with Gasteiger partial charge in [-0.1, -0.05) is 25.5 Å². The van der Waals surface area contributed by atoms with Gasteiger partial charge in [0, 0.05) is 0 Å². The van der Waals surface area contributed by atoms with Crippen LogP contribution < -0.4 is 0 Å². The minimum absolute atomic E-state index is 0.261. The van der Waals surface area contributed by atoms with Crippen LogP contribution >= 0.6 is 0 Å². The second-order valence-corrected chi connectivity index (χ2v) is 4.27. The van der Waals surface area contributed by atoms with Gasteiger partial charge in [0.05, 0.1) is 0 Å². The number of allylic oxidation sites excluding steroid dienone is 1. The highest BCUT2D eigenvalue weighted by atomic mass is 16.6. The number of cyclic esters (lactones) is 1. The van der Waals surface area contributed by atoms with Gasteiger partial charge in [0.2, 0.25) is 0 Å². The minimum Gasteiger partial charge on any atom is -0.458 e. The molecule has 1 aliphatic rings. The first-order valence-electron chi connectivity index (χ1n) is 5.97. The summed E-state index contributed by atoms with van der Waals surface area (Å²) >= 11 is 0. The van der Waals surface area contributed by atoms with Crippen molar-refractivity contribution in [1.29, 1.82) is 0 Å². The molecule has 0 amide bonds. The fourth-order valence-corrected chi connectivity index (χ4v) is 1.75. The summed E-state index contributed by atoms with van der Waals surface area (Å²) in [6.45, 7) is 1.89. The summed E-state index contributed by atoms with van der Waals surface area (Å²) in [5.41, 5.74) is 0. The van der Waals surface area contributed by atoms with Gasteiger partial charge in [0.25, 0.3) is 0 Å². The third-order valence-corrected chi connectivity index (χ3v) is 2.78. The molecule has 4 atom stereocenters. The van der Waals surface area contributed by atoms with Gasteiger partial charge in [0.1, 0.15) is 18.3 Å². The summed E-state index contributed by atoms with van der Waals surface area (Å²) in [6.07, 6.45) is 0.857. The number of aliphatic hydroxyl groups is 3. The number of hydrogen-bond donors (Lipinski definition) is 3. The molecule has 1 rings (SSSR count). The molecule has 3 N–H and O–H groups in total. The zero-order valence-electron chi connectivity index (χ0n) is 9.95. The first-order valence-corrected chi connectivity index (χ1v) is 5.97. The zero-order chi connectivity index (χ0) is 12.8. The highest BCUT2D eigenvalue weighted by Gasteiger charge is 2.30. The van der Waals surface area contributed by atoms with E-state index in [1.807, 2.05) is 6.92 Å². The molecule has 0 fully saturated rings. The van der Waals surface area contributed by atoms with Crippen LogP contribution in [0.1, 0.15) is 32.6 Å². The maximum atomic E-state index is 11.5. The Bertz CT molecular complexity index is 276. The Hall–Kier alpha value is -0.910. The van der Waals surface area contributed by atoms with Gasteiger partial charge in [-0.25, -0.2) is 4.79 Å². The van der Waals surface area contributed by atoms with E-state index >= 15 is 0 Å². The van der Waals surface area contributed by atoms with Gasteiger partial charge in [0.15, 0.2) is 6.10 Å². The molecule has 0 spiro atoms. The first kappa shape index (κ1) is 14.2. The van der Waals surface area contributed by atoms with Crippen LogP contribution in [0, 0.1) is 0 Å². The fourth-order valence-electron chi connectivity index (χ4n) is 1.75. The Kier molecular flexibility index (Phi) is 5.61. The number of aliphatic hydroxyl groups excluding tert-OH is 3. The third-order valence-electron chi connectivity index (χ3n) is 2.78. The molecule has 0 radical (unpaired) electrons.